The van der Waals surface area contributed by atoms with Crippen LogP contribution in [-0.2, 0) is 26.0 Å². The van der Waals surface area contributed by atoms with E-state index in [0.29, 0.717) is 11.1 Å². The lowest BCUT2D eigenvalue weighted by Crippen LogP contribution is -2.48. The van der Waals surface area contributed by atoms with E-state index >= 15 is 0 Å². The molecule has 0 spiro atoms. The maximum Gasteiger partial charge on any atom is 0.251 e. The number of nitrogens with one attached hydrogen (secondary N) is 2. The third-order valence-corrected chi connectivity index (χ3v) is 6.97. The standard InChI is InChI=1S/C23H28FN3O5S/c1-16-14-27(15-17(2)32-16)33(30,31)21-8-6-19(7-9-21)23(29)26-11-10-25-22(28)13-18-4-3-5-20(24)12-18/h3-9,12,16-17H,10-11,13-15H2,1-2H3,(H,25,28)(H,26,29). The molecule has 0 aliphatic carbocycles. The van der Waals surface area contributed by atoms with Gasteiger partial charge in [-0.2, -0.15) is 4.31 Å². The highest BCUT2D eigenvalue weighted by Gasteiger charge is 2.32. The van der Waals surface area contributed by atoms with E-state index in [1.165, 1.54) is 46.8 Å². The molecule has 2 aromatic rings. The van der Waals surface area contributed by atoms with Crippen molar-refractivity contribution in [2.45, 2.75) is 37.4 Å². The van der Waals surface area contributed by atoms with Crippen molar-refractivity contribution >= 4 is 21.8 Å². The molecule has 2 aromatic carbocycles. The average Bonchev–Trinajstić information content (AvgIpc) is 2.76. The zero-order valence-corrected chi connectivity index (χ0v) is 19.4. The lowest BCUT2D eigenvalue weighted by atomic mass is 10.1. The Labute approximate surface area is 193 Å². The lowest BCUT2D eigenvalue weighted by Gasteiger charge is -2.34. The van der Waals surface area contributed by atoms with Gasteiger partial charge in [0.1, 0.15) is 5.82 Å². The molecule has 1 heterocycles. The smallest absolute Gasteiger partial charge is 0.251 e. The summed E-state index contributed by atoms with van der Waals surface area (Å²) in [5.41, 5.74) is 0.872. The highest BCUT2D eigenvalue weighted by atomic mass is 32.2. The van der Waals surface area contributed by atoms with Crippen LogP contribution in [0.3, 0.4) is 0 Å². The molecule has 2 atom stereocenters. The molecule has 1 aliphatic rings. The fraction of sp³-hybridized carbons (Fsp3) is 0.391. The Morgan fingerprint density at radius 2 is 1.67 bits per heavy atom. The molecule has 0 bridgehead atoms. The van der Waals surface area contributed by atoms with Crippen molar-refractivity contribution in [3.8, 4) is 0 Å². The Kier molecular flexibility index (Phi) is 8.17. The molecule has 178 valence electrons. The monoisotopic (exact) mass is 477 g/mol. The second-order valence-corrected chi connectivity index (χ2v) is 9.95. The van der Waals surface area contributed by atoms with E-state index in [1.807, 2.05) is 13.8 Å². The molecular formula is C23H28FN3O5S. The predicted molar refractivity (Wildman–Crippen MR) is 121 cm³/mol. The molecule has 3 rings (SSSR count). The summed E-state index contributed by atoms with van der Waals surface area (Å²) in [6, 6.07) is 11.5. The highest BCUT2D eigenvalue weighted by Crippen LogP contribution is 2.21. The maximum absolute atomic E-state index is 13.2. The first kappa shape index (κ1) is 24.8. The van der Waals surface area contributed by atoms with E-state index in [0.717, 1.165) is 0 Å². The first-order valence-electron chi connectivity index (χ1n) is 10.7. The number of morpholine rings is 1. The molecule has 2 unspecified atom stereocenters. The van der Waals surface area contributed by atoms with Gasteiger partial charge in [-0.15, -0.1) is 0 Å². The molecule has 0 aromatic heterocycles. The molecule has 1 fully saturated rings. The zero-order valence-electron chi connectivity index (χ0n) is 18.6. The summed E-state index contributed by atoms with van der Waals surface area (Å²) >= 11 is 0. The van der Waals surface area contributed by atoms with Gasteiger partial charge in [0, 0.05) is 31.7 Å². The molecule has 33 heavy (non-hydrogen) atoms. The van der Waals surface area contributed by atoms with Crippen LogP contribution in [0.5, 0.6) is 0 Å². The van der Waals surface area contributed by atoms with Crippen molar-refractivity contribution in [3.63, 3.8) is 0 Å². The topological polar surface area (TPSA) is 105 Å². The third-order valence-electron chi connectivity index (χ3n) is 5.13. The summed E-state index contributed by atoms with van der Waals surface area (Å²) in [5, 5.41) is 5.33. The van der Waals surface area contributed by atoms with Crippen molar-refractivity contribution in [1.82, 2.24) is 14.9 Å². The fourth-order valence-corrected chi connectivity index (χ4v) is 5.22. The minimum Gasteiger partial charge on any atom is -0.373 e. The molecule has 10 heteroatoms. The van der Waals surface area contributed by atoms with Gasteiger partial charge in [-0.05, 0) is 55.8 Å². The Morgan fingerprint density at radius 1 is 1.03 bits per heavy atom. The van der Waals surface area contributed by atoms with Gasteiger partial charge >= 0.3 is 0 Å². The summed E-state index contributed by atoms with van der Waals surface area (Å²) in [7, 11) is -3.68. The van der Waals surface area contributed by atoms with E-state index < -0.39 is 15.8 Å². The van der Waals surface area contributed by atoms with Gasteiger partial charge in [0.25, 0.3) is 5.91 Å². The Hall–Kier alpha value is -2.82. The van der Waals surface area contributed by atoms with Gasteiger partial charge in [-0.3, -0.25) is 9.59 Å². The molecule has 0 radical (unpaired) electrons. The van der Waals surface area contributed by atoms with Crippen molar-refractivity contribution in [2.75, 3.05) is 26.2 Å². The number of ether oxygens (including phenoxy) is 1. The lowest BCUT2D eigenvalue weighted by molar-refractivity contribution is -0.120. The number of amides is 2. The van der Waals surface area contributed by atoms with Crippen LogP contribution >= 0.6 is 0 Å². The van der Waals surface area contributed by atoms with Crippen LogP contribution in [0.2, 0.25) is 0 Å². The Morgan fingerprint density at radius 3 is 2.30 bits per heavy atom. The number of carbonyl (C=O) groups is 2. The number of hydrogen-bond donors (Lipinski definition) is 2. The van der Waals surface area contributed by atoms with Crippen LogP contribution in [0.25, 0.3) is 0 Å². The van der Waals surface area contributed by atoms with Gasteiger partial charge in [0.2, 0.25) is 15.9 Å². The number of nitrogens with zero attached hydrogens (tertiary/aromatic N) is 1. The van der Waals surface area contributed by atoms with Crippen LogP contribution in [0.15, 0.2) is 53.4 Å². The molecule has 2 N–H and O–H groups in total. The minimum absolute atomic E-state index is 0.0440. The van der Waals surface area contributed by atoms with Crippen molar-refractivity contribution < 1.29 is 27.1 Å². The Balaban J connectivity index is 1.47. The molecule has 8 nitrogen and oxygen atoms in total. The third kappa shape index (κ3) is 6.83. The van der Waals surface area contributed by atoms with E-state index in [2.05, 4.69) is 10.6 Å². The van der Waals surface area contributed by atoms with E-state index in [1.54, 1.807) is 6.07 Å². The minimum atomic E-state index is -3.68. The largest absolute Gasteiger partial charge is 0.373 e. The quantitative estimate of drug-likeness (QED) is 0.564. The first-order chi connectivity index (χ1) is 15.6. The molecule has 2 amide bonds. The zero-order chi connectivity index (χ0) is 24.0. The summed E-state index contributed by atoms with van der Waals surface area (Å²) in [4.78, 5) is 24.4. The number of carbonyl (C=O) groups excluding carboxylic acids is 2. The van der Waals surface area contributed by atoms with Gasteiger partial charge in [0.05, 0.1) is 23.5 Å². The van der Waals surface area contributed by atoms with E-state index in [9.17, 15) is 22.4 Å². The molecule has 1 saturated heterocycles. The normalized spacial score (nSPS) is 19.1. The van der Waals surface area contributed by atoms with Gasteiger partial charge < -0.3 is 15.4 Å². The van der Waals surface area contributed by atoms with Gasteiger partial charge in [0.15, 0.2) is 0 Å². The Bertz CT molecular complexity index is 1080. The summed E-state index contributed by atoms with van der Waals surface area (Å²) in [5.74, 6) is -1.07. The summed E-state index contributed by atoms with van der Waals surface area (Å²) < 4.78 is 45.9. The van der Waals surface area contributed by atoms with Crippen LogP contribution in [0, 0.1) is 5.82 Å². The van der Waals surface area contributed by atoms with Crippen LogP contribution in [-0.4, -0.2) is 62.9 Å². The van der Waals surface area contributed by atoms with Crippen molar-refractivity contribution in [3.05, 3.63) is 65.5 Å². The molecular weight excluding hydrogens is 449 g/mol. The first-order valence-corrected chi connectivity index (χ1v) is 12.1. The van der Waals surface area contributed by atoms with E-state index in [-0.39, 0.29) is 61.5 Å². The highest BCUT2D eigenvalue weighted by molar-refractivity contribution is 7.89. The second-order valence-electron chi connectivity index (χ2n) is 8.02. The SMILES string of the molecule is CC1CN(S(=O)(=O)c2ccc(C(=O)NCCNC(=O)Cc3cccc(F)c3)cc2)CC(C)O1. The van der Waals surface area contributed by atoms with Gasteiger partial charge in [-0.25, -0.2) is 12.8 Å². The second kappa shape index (κ2) is 10.9. The number of benzene rings is 2. The molecule has 1 aliphatic heterocycles. The van der Waals surface area contributed by atoms with Crippen molar-refractivity contribution in [1.29, 1.82) is 0 Å². The van der Waals surface area contributed by atoms with Crippen LogP contribution in [0.4, 0.5) is 4.39 Å². The van der Waals surface area contributed by atoms with E-state index in [4.69, 9.17) is 4.74 Å². The van der Waals surface area contributed by atoms with Crippen LogP contribution in [0.1, 0.15) is 29.8 Å². The number of halogens is 1. The summed E-state index contributed by atoms with van der Waals surface area (Å²) in [6.45, 7) is 4.61. The maximum atomic E-state index is 13.2. The number of sulfonamides is 1. The average molecular weight is 478 g/mol. The van der Waals surface area contributed by atoms with Crippen molar-refractivity contribution in [2.24, 2.45) is 0 Å². The predicted octanol–water partition coefficient (Wildman–Crippen LogP) is 1.71. The number of rotatable bonds is 8. The molecule has 0 saturated carbocycles. The summed E-state index contributed by atoms with van der Waals surface area (Å²) in [6.07, 6.45) is -0.339. The fourth-order valence-electron chi connectivity index (χ4n) is 3.63. The number of hydrogen-bond acceptors (Lipinski definition) is 5. The van der Waals surface area contributed by atoms with Gasteiger partial charge in [-0.1, -0.05) is 12.1 Å². The van der Waals surface area contributed by atoms with Crippen LogP contribution < -0.4 is 10.6 Å².